The summed E-state index contributed by atoms with van der Waals surface area (Å²) in [7, 11) is 0. The number of carbonyl (C=O) groups is 1. The highest BCUT2D eigenvalue weighted by Crippen LogP contribution is 2.43. The topological polar surface area (TPSA) is 42.0 Å². The lowest BCUT2D eigenvalue weighted by molar-refractivity contribution is -0.137. The Balaban J connectivity index is 1.43. The Hall–Kier alpha value is -3.97. The predicted molar refractivity (Wildman–Crippen MR) is 147 cm³/mol. The van der Waals surface area contributed by atoms with E-state index in [2.05, 4.69) is 16.4 Å². The summed E-state index contributed by atoms with van der Waals surface area (Å²) >= 11 is 1.33. The van der Waals surface area contributed by atoms with Crippen molar-refractivity contribution in [2.24, 2.45) is 5.41 Å². The van der Waals surface area contributed by atoms with Crippen molar-refractivity contribution in [3.05, 3.63) is 119 Å². The maximum absolute atomic E-state index is 13.6. The number of amides is 1. The third-order valence-corrected chi connectivity index (χ3v) is 7.54. The summed E-state index contributed by atoms with van der Waals surface area (Å²) in [4.78, 5) is 18.3. The Morgan fingerprint density at radius 2 is 1.45 bits per heavy atom. The third kappa shape index (κ3) is 5.20. The molecule has 5 aromatic rings. The first-order valence-electron chi connectivity index (χ1n) is 12.1. The standard InChI is InChI=1S/C31H25F3N2OS/c1-30(2,27(21-9-4-3-5-10-21)22-14-16-25(17-15-22)31(32,33)34)28(37)36-29-35-26(19-38-29)24-13-12-20-8-6-7-11-23(20)18-24/h3-19,27H,1-2H3,(H,35,36,37). The van der Waals surface area contributed by atoms with Crippen molar-refractivity contribution in [2.75, 3.05) is 5.32 Å². The van der Waals surface area contributed by atoms with E-state index in [-0.39, 0.29) is 5.91 Å². The number of hydrogen-bond acceptors (Lipinski definition) is 3. The third-order valence-electron chi connectivity index (χ3n) is 6.78. The number of rotatable bonds is 6. The molecule has 0 saturated heterocycles. The molecule has 0 bridgehead atoms. The summed E-state index contributed by atoms with van der Waals surface area (Å²) < 4.78 is 39.5. The number of fused-ring (bicyclic) bond motifs is 1. The second kappa shape index (κ2) is 10.1. The highest BCUT2D eigenvalue weighted by molar-refractivity contribution is 7.14. The molecule has 1 aromatic heterocycles. The molecule has 1 amide bonds. The predicted octanol–water partition coefficient (Wildman–Crippen LogP) is 8.78. The normalized spacial score (nSPS) is 12.9. The van der Waals surface area contributed by atoms with E-state index in [1.165, 1.54) is 23.5 Å². The molecule has 1 atom stereocenters. The molecule has 0 spiro atoms. The van der Waals surface area contributed by atoms with Gasteiger partial charge in [-0.1, -0.05) is 92.7 Å². The first kappa shape index (κ1) is 25.7. The molecule has 1 N–H and O–H groups in total. The molecular weight excluding hydrogens is 505 g/mol. The summed E-state index contributed by atoms with van der Waals surface area (Å²) in [5, 5.41) is 7.56. The van der Waals surface area contributed by atoms with Gasteiger partial charge < -0.3 is 5.32 Å². The maximum Gasteiger partial charge on any atom is 0.416 e. The van der Waals surface area contributed by atoms with Crippen molar-refractivity contribution in [2.45, 2.75) is 25.9 Å². The van der Waals surface area contributed by atoms with Crippen LogP contribution in [0.5, 0.6) is 0 Å². The van der Waals surface area contributed by atoms with Gasteiger partial charge in [-0.2, -0.15) is 13.2 Å². The van der Waals surface area contributed by atoms with Crippen LogP contribution < -0.4 is 5.32 Å². The minimum absolute atomic E-state index is 0.273. The van der Waals surface area contributed by atoms with Crippen molar-refractivity contribution in [3.63, 3.8) is 0 Å². The van der Waals surface area contributed by atoms with Gasteiger partial charge in [-0.15, -0.1) is 11.3 Å². The highest BCUT2D eigenvalue weighted by Gasteiger charge is 2.40. The first-order chi connectivity index (χ1) is 18.1. The second-order valence-corrected chi connectivity index (χ2v) is 10.6. The molecule has 38 heavy (non-hydrogen) atoms. The van der Waals surface area contributed by atoms with Gasteiger partial charge in [0.05, 0.1) is 16.7 Å². The van der Waals surface area contributed by atoms with Crippen LogP contribution in [0.25, 0.3) is 22.0 Å². The molecule has 5 rings (SSSR count). The molecular formula is C31H25F3N2OS. The number of benzene rings is 4. The van der Waals surface area contributed by atoms with Gasteiger partial charge in [-0.25, -0.2) is 4.98 Å². The van der Waals surface area contributed by atoms with Gasteiger partial charge >= 0.3 is 6.18 Å². The van der Waals surface area contributed by atoms with Gasteiger partial charge in [0.15, 0.2) is 5.13 Å². The van der Waals surface area contributed by atoms with Gasteiger partial charge in [0.25, 0.3) is 0 Å². The zero-order valence-corrected chi connectivity index (χ0v) is 21.6. The molecule has 0 aliphatic heterocycles. The molecule has 0 aliphatic carbocycles. The number of halogens is 3. The summed E-state index contributed by atoms with van der Waals surface area (Å²) in [6.45, 7) is 3.60. The monoisotopic (exact) mass is 530 g/mol. The minimum atomic E-state index is -4.43. The number of hydrogen-bond donors (Lipinski definition) is 1. The fourth-order valence-corrected chi connectivity index (χ4v) is 5.45. The Labute approximate surface area is 223 Å². The SMILES string of the molecule is CC(C)(C(=O)Nc1nc(-c2ccc3ccccc3c2)cs1)C(c1ccccc1)c1ccc(C(F)(F)F)cc1. The van der Waals surface area contributed by atoms with Crippen molar-refractivity contribution >= 4 is 33.1 Å². The van der Waals surface area contributed by atoms with E-state index >= 15 is 0 Å². The molecule has 0 aliphatic rings. The van der Waals surface area contributed by atoms with Crippen LogP contribution in [0.3, 0.4) is 0 Å². The second-order valence-electron chi connectivity index (χ2n) is 9.74. The average Bonchev–Trinajstić information content (AvgIpc) is 3.37. The molecule has 7 heteroatoms. The van der Waals surface area contributed by atoms with Gasteiger partial charge in [0, 0.05) is 16.9 Å². The van der Waals surface area contributed by atoms with E-state index < -0.39 is 23.1 Å². The molecule has 192 valence electrons. The van der Waals surface area contributed by atoms with Crippen molar-refractivity contribution in [1.29, 1.82) is 0 Å². The number of aromatic nitrogens is 1. The molecule has 1 unspecified atom stereocenters. The van der Waals surface area contributed by atoms with Gasteiger partial charge in [0.1, 0.15) is 0 Å². The molecule has 0 fully saturated rings. The number of carbonyl (C=O) groups excluding carboxylic acids is 1. The lowest BCUT2D eigenvalue weighted by atomic mass is 9.70. The van der Waals surface area contributed by atoms with Crippen LogP contribution in [-0.4, -0.2) is 10.9 Å². The first-order valence-corrected chi connectivity index (χ1v) is 13.0. The molecule has 4 aromatic carbocycles. The Morgan fingerprint density at radius 1 is 0.816 bits per heavy atom. The summed E-state index contributed by atoms with van der Waals surface area (Å²) in [5.74, 6) is -0.753. The molecule has 3 nitrogen and oxygen atoms in total. The summed E-state index contributed by atoms with van der Waals surface area (Å²) in [6, 6.07) is 28.6. The van der Waals surface area contributed by atoms with E-state index in [0.29, 0.717) is 10.7 Å². The minimum Gasteiger partial charge on any atom is -0.301 e. The number of anilines is 1. The van der Waals surface area contributed by atoms with Gasteiger partial charge in [-0.05, 0) is 40.1 Å². The fraction of sp³-hybridized carbons (Fsp3) is 0.161. The van der Waals surface area contributed by atoms with Crippen molar-refractivity contribution in [1.82, 2.24) is 4.98 Å². The van der Waals surface area contributed by atoms with Crippen LogP contribution in [0.15, 0.2) is 102 Å². The molecule has 0 radical (unpaired) electrons. The average molecular weight is 531 g/mol. The lowest BCUT2D eigenvalue weighted by Gasteiger charge is -2.34. The van der Waals surface area contributed by atoms with Crippen LogP contribution in [0.4, 0.5) is 18.3 Å². The molecule has 1 heterocycles. The molecule has 0 saturated carbocycles. The number of thiazole rings is 1. The summed E-state index contributed by atoms with van der Waals surface area (Å²) in [6.07, 6.45) is -4.43. The largest absolute Gasteiger partial charge is 0.416 e. The highest BCUT2D eigenvalue weighted by atomic mass is 32.1. The zero-order chi connectivity index (χ0) is 26.9. The Kier molecular flexibility index (Phi) is 6.80. The number of alkyl halides is 3. The van der Waals surface area contributed by atoms with Crippen LogP contribution >= 0.6 is 11.3 Å². The number of nitrogens with zero attached hydrogens (tertiary/aromatic N) is 1. The van der Waals surface area contributed by atoms with Crippen molar-refractivity contribution < 1.29 is 18.0 Å². The van der Waals surface area contributed by atoms with Crippen molar-refractivity contribution in [3.8, 4) is 11.3 Å². The van der Waals surface area contributed by atoms with E-state index in [9.17, 15) is 18.0 Å². The zero-order valence-electron chi connectivity index (χ0n) is 20.8. The van der Waals surface area contributed by atoms with Crippen LogP contribution in [0.2, 0.25) is 0 Å². The van der Waals surface area contributed by atoms with Gasteiger partial charge in [-0.3, -0.25) is 4.79 Å². The number of nitrogens with one attached hydrogen (secondary N) is 1. The van der Waals surface area contributed by atoms with E-state index in [0.717, 1.165) is 39.7 Å². The van der Waals surface area contributed by atoms with E-state index in [1.807, 2.05) is 72.1 Å². The lowest BCUT2D eigenvalue weighted by Crippen LogP contribution is -2.37. The summed E-state index contributed by atoms with van der Waals surface area (Å²) in [5.41, 5.74) is 1.45. The van der Waals surface area contributed by atoms with Gasteiger partial charge in [0.2, 0.25) is 5.91 Å². The van der Waals surface area contributed by atoms with E-state index in [4.69, 9.17) is 0 Å². The quantitative estimate of drug-likeness (QED) is 0.238. The Bertz CT molecular complexity index is 1570. The Morgan fingerprint density at radius 3 is 2.13 bits per heavy atom. The van der Waals surface area contributed by atoms with Crippen LogP contribution in [0, 0.1) is 5.41 Å². The fourth-order valence-electron chi connectivity index (χ4n) is 4.74. The smallest absolute Gasteiger partial charge is 0.301 e. The van der Waals surface area contributed by atoms with E-state index in [1.54, 1.807) is 13.8 Å². The van der Waals surface area contributed by atoms with Crippen LogP contribution in [0.1, 0.15) is 36.5 Å². The van der Waals surface area contributed by atoms with Crippen LogP contribution in [-0.2, 0) is 11.0 Å². The maximum atomic E-state index is 13.6.